The zero-order chi connectivity index (χ0) is 14.3. The summed E-state index contributed by atoms with van der Waals surface area (Å²) in [6.07, 6.45) is 1.91. The molecule has 0 aliphatic rings. The van der Waals surface area contributed by atoms with Crippen molar-refractivity contribution in [3.8, 4) is 0 Å². The lowest BCUT2D eigenvalue weighted by atomic mass is 10.1. The third kappa shape index (κ3) is 6.35. The minimum Gasteiger partial charge on any atom is -0.385 e. The molecular weight excluding hydrogens is 266 g/mol. The number of hydrogen-bond acceptors (Lipinski definition) is 4. The molecule has 1 amide bonds. The van der Waals surface area contributed by atoms with Gasteiger partial charge in [0.2, 0.25) is 0 Å². The van der Waals surface area contributed by atoms with E-state index in [1.54, 1.807) is 31.4 Å². The Balaban J connectivity index is 2.63. The van der Waals surface area contributed by atoms with Gasteiger partial charge in [0, 0.05) is 32.1 Å². The van der Waals surface area contributed by atoms with E-state index in [1.165, 1.54) is 6.26 Å². The standard InChI is InChI=1S/C13H19NO4S/c1-18-8-4-7-14-13(15)12-6-3-5-11(9-12)10-19(2,16)17/h3,5-6,9H,4,7-8,10H2,1-2H3,(H,14,15). The summed E-state index contributed by atoms with van der Waals surface area (Å²) in [7, 11) is -1.48. The minimum absolute atomic E-state index is 0.0577. The van der Waals surface area contributed by atoms with Gasteiger partial charge in [-0.25, -0.2) is 8.42 Å². The molecule has 0 aromatic heterocycles. The molecule has 0 heterocycles. The zero-order valence-corrected chi connectivity index (χ0v) is 12.0. The number of hydrogen-bond donors (Lipinski definition) is 1. The quantitative estimate of drug-likeness (QED) is 0.759. The lowest BCUT2D eigenvalue weighted by Gasteiger charge is -2.06. The lowest BCUT2D eigenvalue weighted by molar-refractivity contribution is 0.0948. The van der Waals surface area contributed by atoms with Crippen LogP contribution in [0.3, 0.4) is 0 Å². The molecule has 5 nitrogen and oxygen atoms in total. The molecule has 0 saturated carbocycles. The monoisotopic (exact) mass is 285 g/mol. The predicted molar refractivity (Wildman–Crippen MR) is 73.8 cm³/mol. The van der Waals surface area contributed by atoms with Crippen molar-refractivity contribution in [3.63, 3.8) is 0 Å². The Morgan fingerprint density at radius 1 is 1.37 bits per heavy atom. The van der Waals surface area contributed by atoms with Crippen molar-refractivity contribution >= 4 is 15.7 Å². The third-order valence-corrected chi connectivity index (χ3v) is 3.29. The largest absolute Gasteiger partial charge is 0.385 e. The van der Waals surface area contributed by atoms with E-state index in [0.29, 0.717) is 24.3 Å². The van der Waals surface area contributed by atoms with Crippen LogP contribution in [0.15, 0.2) is 24.3 Å². The topological polar surface area (TPSA) is 72.5 Å². The molecule has 0 atom stereocenters. The van der Waals surface area contributed by atoms with Crippen molar-refractivity contribution in [1.29, 1.82) is 0 Å². The summed E-state index contributed by atoms with van der Waals surface area (Å²) in [6, 6.07) is 6.65. The van der Waals surface area contributed by atoms with Crippen molar-refractivity contribution < 1.29 is 17.9 Å². The number of nitrogens with one attached hydrogen (secondary N) is 1. The van der Waals surface area contributed by atoms with E-state index in [1.807, 2.05) is 0 Å². The molecule has 0 unspecified atom stereocenters. The van der Waals surface area contributed by atoms with Crippen LogP contribution in [0.5, 0.6) is 0 Å². The highest BCUT2D eigenvalue weighted by Gasteiger charge is 2.08. The van der Waals surface area contributed by atoms with Crippen molar-refractivity contribution in [2.45, 2.75) is 12.2 Å². The molecule has 106 valence electrons. The van der Waals surface area contributed by atoms with Crippen molar-refractivity contribution in [1.82, 2.24) is 5.32 Å². The number of sulfone groups is 1. The van der Waals surface area contributed by atoms with Crippen molar-refractivity contribution in [3.05, 3.63) is 35.4 Å². The highest BCUT2D eigenvalue weighted by Crippen LogP contribution is 2.08. The van der Waals surface area contributed by atoms with Crippen LogP contribution in [0, 0.1) is 0 Å². The molecule has 1 aromatic rings. The van der Waals surface area contributed by atoms with Gasteiger partial charge in [0.15, 0.2) is 9.84 Å². The molecule has 0 fully saturated rings. The van der Waals surface area contributed by atoms with Crippen molar-refractivity contribution in [2.75, 3.05) is 26.5 Å². The maximum Gasteiger partial charge on any atom is 0.251 e. The van der Waals surface area contributed by atoms with Crippen LogP contribution in [0.1, 0.15) is 22.3 Å². The number of amides is 1. The van der Waals surface area contributed by atoms with Gasteiger partial charge in [-0.15, -0.1) is 0 Å². The first-order valence-electron chi connectivity index (χ1n) is 5.96. The summed E-state index contributed by atoms with van der Waals surface area (Å²) in [4.78, 5) is 11.8. The van der Waals surface area contributed by atoms with Gasteiger partial charge in [-0.05, 0) is 24.1 Å². The summed E-state index contributed by atoms with van der Waals surface area (Å²) in [5, 5.41) is 2.76. The Kier molecular flexibility index (Phi) is 5.98. The fourth-order valence-corrected chi connectivity index (χ4v) is 2.41. The number of carbonyl (C=O) groups excluding carboxylic acids is 1. The fourth-order valence-electron chi connectivity index (χ4n) is 1.63. The van der Waals surface area contributed by atoms with Crippen LogP contribution < -0.4 is 5.32 Å². The van der Waals surface area contributed by atoms with E-state index in [9.17, 15) is 13.2 Å². The van der Waals surface area contributed by atoms with E-state index < -0.39 is 9.84 Å². The van der Waals surface area contributed by atoms with E-state index in [-0.39, 0.29) is 11.7 Å². The van der Waals surface area contributed by atoms with Gasteiger partial charge >= 0.3 is 0 Å². The molecule has 19 heavy (non-hydrogen) atoms. The maximum absolute atomic E-state index is 11.8. The molecule has 1 rings (SSSR count). The van der Waals surface area contributed by atoms with Gasteiger partial charge < -0.3 is 10.1 Å². The first kappa shape index (κ1) is 15.7. The number of rotatable bonds is 7. The number of benzene rings is 1. The molecule has 0 saturated heterocycles. The normalized spacial score (nSPS) is 11.3. The maximum atomic E-state index is 11.8. The van der Waals surface area contributed by atoms with E-state index in [0.717, 1.165) is 6.42 Å². The van der Waals surface area contributed by atoms with Gasteiger partial charge in [0.05, 0.1) is 5.75 Å². The van der Waals surface area contributed by atoms with Gasteiger partial charge in [0.25, 0.3) is 5.91 Å². The Labute approximate surface area is 113 Å². The second-order valence-corrected chi connectivity index (χ2v) is 6.51. The smallest absolute Gasteiger partial charge is 0.251 e. The van der Waals surface area contributed by atoms with Crippen LogP contribution >= 0.6 is 0 Å². The van der Waals surface area contributed by atoms with E-state index >= 15 is 0 Å². The average Bonchev–Trinajstić information content (AvgIpc) is 2.32. The summed E-state index contributed by atoms with van der Waals surface area (Å²) < 4.78 is 27.3. The molecule has 0 aliphatic carbocycles. The number of methoxy groups -OCH3 is 1. The summed E-state index contributed by atoms with van der Waals surface area (Å²) in [5.41, 5.74) is 1.09. The average molecular weight is 285 g/mol. The van der Waals surface area contributed by atoms with Gasteiger partial charge in [0.1, 0.15) is 0 Å². The van der Waals surface area contributed by atoms with Gasteiger partial charge in [-0.1, -0.05) is 12.1 Å². The SMILES string of the molecule is COCCCNC(=O)c1cccc(CS(C)(=O)=O)c1. The molecule has 0 bridgehead atoms. The second kappa shape index (κ2) is 7.25. The highest BCUT2D eigenvalue weighted by atomic mass is 32.2. The Morgan fingerprint density at radius 2 is 2.11 bits per heavy atom. The van der Waals surface area contributed by atoms with Crippen molar-refractivity contribution in [2.24, 2.45) is 0 Å². The van der Waals surface area contributed by atoms with Gasteiger partial charge in [-0.2, -0.15) is 0 Å². The number of ether oxygens (including phenoxy) is 1. The van der Waals surface area contributed by atoms with Crippen LogP contribution in [0.4, 0.5) is 0 Å². The fraction of sp³-hybridized carbons (Fsp3) is 0.462. The summed E-state index contributed by atoms with van der Waals surface area (Å²) in [6.45, 7) is 1.12. The highest BCUT2D eigenvalue weighted by molar-refractivity contribution is 7.89. The molecule has 1 aromatic carbocycles. The Hall–Kier alpha value is -1.40. The third-order valence-electron chi connectivity index (χ3n) is 2.43. The first-order valence-corrected chi connectivity index (χ1v) is 8.02. The Morgan fingerprint density at radius 3 is 2.74 bits per heavy atom. The zero-order valence-electron chi connectivity index (χ0n) is 11.2. The van der Waals surface area contributed by atoms with Crippen LogP contribution in [0.2, 0.25) is 0 Å². The van der Waals surface area contributed by atoms with Crippen LogP contribution in [-0.2, 0) is 20.3 Å². The molecule has 0 radical (unpaired) electrons. The molecule has 0 spiro atoms. The minimum atomic E-state index is -3.09. The van der Waals surface area contributed by atoms with Crippen LogP contribution in [0.25, 0.3) is 0 Å². The molecular formula is C13H19NO4S. The van der Waals surface area contributed by atoms with E-state index in [4.69, 9.17) is 4.74 Å². The second-order valence-electron chi connectivity index (χ2n) is 4.37. The Bertz CT molecular complexity index is 525. The van der Waals surface area contributed by atoms with Gasteiger partial charge in [-0.3, -0.25) is 4.79 Å². The van der Waals surface area contributed by atoms with E-state index in [2.05, 4.69) is 5.32 Å². The molecule has 6 heteroatoms. The number of carbonyl (C=O) groups is 1. The first-order chi connectivity index (χ1) is 8.92. The molecule has 0 aliphatic heterocycles. The summed E-state index contributed by atoms with van der Waals surface area (Å²) >= 11 is 0. The molecule has 1 N–H and O–H groups in total. The predicted octanol–water partition coefficient (Wildman–Crippen LogP) is 0.997. The lowest BCUT2D eigenvalue weighted by Crippen LogP contribution is -2.25. The van der Waals surface area contributed by atoms with Crippen LogP contribution in [-0.4, -0.2) is 40.8 Å². The summed E-state index contributed by atoms with van der Waals surface area (Å²) in [5.74, 6) is -0.260.